The van der Waals surface area contributed by atoms with Gasteiger partial charge in [0, 0.05) is 40.3 Å². The fourth-order valence-corrected chi connectivity index (χ4v) is 5.47. The number of nitrogens with zero attached hydrogens (tertiary/aromatic N) is 1. The Hall–Kier alpha value is -0.340. The van der Waals surface area contributed by atoms with Crippen molar-refractivity contribution < 1.29 is 4.74 Å². The van der Waals surface area contributed by atoms with Gasteiger partial charge in [0.25, 0.3) is 0 Å². The molecule has 3 unspecified atom stereocenters. The average molecular weight is 461 g/mol. The lowest BCUT2D eigenvalue weighted by Gasteiger charge is -2.63. The highest BCUT2D eigenvalue weighted by Crippen LogP contribution is 2.62. The van der Waals surface area contributed by atoms with E-state index in [2.05, 4.69) is 36.6 Å². The lowest BCUT2D eigenvalue weighted by molar-refractivity contribution is -0.171. The van der Waals surface area contributed by atoms with Crippen molar-refractivity contribution in [3.8, 4) is 0 Å². The molecular formula is C18H28IN3OS. The number of aliphatic imine (C=N–C) groups is 1. The molecule has 6 heteroatoms. The van der Waals surface area contributed by atoms with Gasteiger partial charge in [-0.2, -0.15) is 0 Å². The van der Waals surface area contributed by atoms with Crippen molar-refractivity contribution in [3.63, 3.8) is 0 Å². The van der Waals surface area contributed by atoms with Gasteiger partial charge < -0.3 is 15.4 Å². The summed E-state index contributed by atoms with van der Waals surface area (Å²) in [7, 11) is 0. The van der Waals surface area contributed by atoms with E-state index >= 15 is 0 Å². The van der Waals surface area contributed by atoms with Crippen molar-refractivity contribution >= 4 is 41.3 Å². The molecule has 0 radical (unpaired) electrons. The molecule has 2 aliphatic carbocycles. The van der Waals surface area contributed by atoms with Gasteiger partial charge in [-0.05, 0) is 45.2 Å². The highest BCUT2D eigenvalue weighted by atomic mass is 127. The average Bonchev–Trinajstić information content (AvgIpc) is 3.08. The normalized spacial score (nSPS) is 30.1. The molecule has 4 rings (SSSR count). The van der Waals surface area contributed by atoms with Crippen molar-refractivity contribution in [1.29, 1.82) is 0 Å². The molecule has 4 nitrogen and oxygen atoms in total. The number of ether oxygens (including phenoxy) is 1. The molecule has 1 aromatic rings. The zero-order valence-electron chi connectivity index (χ0n) is 14.5. The molecule has 0 aromatic carbocycles. The molecule has 3 fully saturated rings. The van der Waals surface area contributed by atoms with E-state index in [-0.39, 0.29) is 24.0 Å². The predicted octanol–water partition coefficient (Wildman–Crippen LogP) is 3.69. The minimum Gasteiger partial charge on any atom is -0.377 e. The zero-order valence-corrected chi connectivity index (χ0v) is 17.7. The van der Waals surface area contributed by atoms with Crippen LogP contribution in [0.1, 0.15) is 42.4 Å². The third-order valence-electron chi connectivity index (χ3n) is 5.86. The van der Waals surface area contributed by atoms with Gasteiger partial charge in [0.2, 0.25) is 0 Å². The summed E-state index contributed by atoms with van der Waals surface area (Å²) in [5.41, 5.74) is 0.400. The molecule has 1 saturated heterocycles. The Morgan fingerprint density at radius 3 is 2.88 bits per heavy atom. The summed E-state index contributed by atoms with van der Waals surface area (Å²) < 4.78 is 6.01. The summed E-state index contributed by atoms with van der Waals surface area (Å²) in [5, 5.41) is 7.19. The highest BCUT2D eigenvalue weighted by molar-refractivity contribution is 14.0. The summed E-state index contributed by atoms with van der Waals surface area (Å²) >= 11 is 1.83. The second-order valence-electron chi connectivity index (χ2n) is 7.16. The molecule has 2 heterocycles. The number of thiophene rings is 1. The summed E-state index contributed by atoms with van der Waals surface area (Å²) in [6, 6.07) is 4.91. The van der Waals surface area contributed by atoms with Gasteiger partial charge in [-0.15, -0.1) is 35.3 Å². The number of rotatable bonds is 4. The fourth-order valence-electron chi connectivity index (χ4n) is 4.65. The lowest BCUT2D eigenvalue weighted by Crippen LogP contribution is -2.72. The summed E-state index contributed by atoms with van der Waals surface area (Å²) in [5.74, 6) is 1.66. The van der Waals surface area contributed by atoms with Crippen LogP contribution in [0.15, 0.2) is 17.1 Å². The topological polar surface area (TPSA) is 45.7 Å². The van der Waals surface area contributed by atoms with Crippen LogP contribution in [-0.4, -0.2) is 31.3 Å². The first-order valence-electron chi connectivity index (χ1n) is 8.95. The van der Waals surface area contributed by atoms with Crippen LogP contribution in [0.3, 0.4) is 0 Å². The maximum absolute atomic E-state index is 6.01. The Morgan fingerprint density at radius 2 is 2.25 bits per heavy atom. The second-order valence-corrected chi connectivity index (χ2v) is 8.53. The SMILES string of the molecule is CCNC(=NCc1ccc(C)s1)NC1C2CCOC2C12CCC2.I. The van der Waals surface area contributed by atoms with Gasteiger partial charge in [0.1, 0.15) is 0 Å². The van der Waals surface area contributed by atoms with E-state index in [4.69, 9.17) is 9.73 Å². The molecule has 3 atom stereocenters. The smallest absolute Gasteiger partial charge is 0.191 e. The first-order valence-corrected chi connectivity index (χ1v) is 9.76. The quantitative estimate of drug-likeness (QED) is 0.409. The van der Waals surface area contributed by atoms with E-state index in [1.54, 1.807) is 0 Å². The molecule has 24 heavy (non-hydrogen) atoms. The van der Waals surface area contributed by atoms with Crippen molar-refractivity contribution in [1.82, 2.24) is 10.6 Å². The number of fused-ring (bicyclic) bond motifs is 2. The van der Waals surface area contributed by atoms with Gasteiger partial charge in [0.05, 0.1) is 12.6 Å². The Kier molecular flexibility index (Phi) is 5.76. The summed E-state index contributed by atoms with van der Waals surface area (Å²) in [6.45, 7) is 6.89. The summed E-state index contributed by atoms with van der Waals surface area (Å²) in [6.07, 6.45) is 5.70. The van der Waals surface area contributed by atoms with Crippen LogP contribution >= 0.6 is 35.3 Å². The Labute approximate surface area is 165 Å². The third kappa shape index (κ3) is 3.09. The van der Waals surface area contributed by atoms with E-state index in [0.29, 0.717) is 23.5 Å². The van der Waals surface area contributed by atoms with E-state index in [0.717, 1.165) is 25.7 Å². The van der Waals surface area contributed by atoms with Crippen molar-refractivity contribution in [2.45, 2.75) is 58.2 Å². The highest BCUT2D eigenvalue weighted by Gasteiger charge is 2.66. The molecule has 2 N–H and O–H groups in total. The van der Waals surface area contributed by atoms with Crippen LogP contribution in [0.25, 0.3) is 0 Å². The van der Waals surface area contributed by atoms with Crippen LogP contribution in [0.5, 0.6) is 0 Å². The minimum absolute atomic E-state index is 0. The second kappa shape index (κ2) is 7.50. The van der Waals surface area contributed by atoms with Crippen molar-refractivity contribution in [2.75, 3.05) is 13.2 Å². The van der Waals surface area contributed by atoms with Gasteiger partial charge in [-0.1, -0.05) is 6.42 Å². The van der Waals surface area contributed by atoms with Crippen LogP contribution in [-0.2, 0) is 11.3 Å². The largest absolute Gasteiger partial charge is 0.377 e. The maximum Gasteiger partial charge on any atom is 0.191 e. The molecule has 2 saturated carbocycles. The third-order valence-corrected chi connectivity index (χ3v) is 6.85. The van der Waals surface area contributed by atoms with Crippen LogP contribution in [0.2, 0.25) is 0 Å². The van der Waals surface area contributed by atoms with Gasteiger partial charge in [-0.25, -0.2) is 4.99 Å². The molecule has 1 aliphatic heterocycles. The van der Waals surface area contributed by atoms with Gasteiger partial charge >= 0.3 is 0 Å². The van der Waals surface area contributed by atoms with Crippen LogP contribution in [0, 0.1) is 18.3 Å². The van der Waals surface area contributed by atoms with E-state index in [9.17, 15) is 0 Å². The number of hydrogen-bond acceptors (Lipinski definition) is 3. The molecule has 1 spiro atoms. The minimum atomic E-state index is 0. The molecule has 1 aromatic heterocycles. The van der Waals surface area contributed by atoms with Gasteiger partial charge in [-0.3, -0.25) is 0 Å². The molecular weight excluding hydrogens is 433 g/mol. The Morgan fingerprint density at radius 1 is 1.42 bits per heavy atom. The maximum atomic E-state index is 6.01. The standard InChI is InChI=1S/C18H27N3OS.HI/c1-3-19-17(20-11-13-6-5-12(2)23-13)21-15-14-7-10-22-16(14)18(15)8-4-9-18;/h5-6,14-16H,3-4,7-11H2,1-2H3,(H2,19,20,21);1H. The van der Waals surface area contributed by atoms with Crippen LogP contribution < -0.4 is 10.6 Å². The van der Waals surface area contributed by atoms with Gasteiger partial charge in [0.15, 0.2) is 5.96 Å². The fraction of sp³-hybridized carbons (Fsp3) is 0.722. The summed E-state index contributed by atoms with van der Waals surface area (Å²) in [4.78, 5) is 7.50. The van der Waals surface area contributed by atoms with E-state index in [1.807, 2.05) is 11.3 Å². The first-order chi connectivity index (χ1) is 11.2. The Balaban J connectivity index is 0.00000169. The number of nitrogens with one attached hydrogen (secondary N) is 2. The monoisotopic (exact) mass is 461 g/mol. The zero-order chi connectivity index (χ0) is 15.9. The van der Waals surface area contributed by atoms with Crippen molar-refractivity contribution in [2.24, 2.45) is 16.3 Å². The first kappa shape index (κ1) is 18.5. The van der Waals surface area contributed by atoms with Crippen molar-refractivity contribution in [3.05, 3.63) is 21.9 Å². The van der Waals surface area contributed by atoms with E-state index in [1.165, 1.54) is 35.4 Å². The number of aryl methyl sites for hydroxylation is 1. The number of guanidine groups is 1. The molecule has 134 valence electrons. The molecule has 0 amide bonds. The van der Waals surface area contributed by atoms with Crippen LogP contribution in [0.4, 0.5) is 0 Å². The number of halogens is 1. The molecule has 0 bridgehead atoms. The molecule has 3 aliphatic rings. The lowest BCUT2D eigenvalue weighted by atomic mass is 9.46. The van der Waals surface area contributed by atoms with E-state index < -0.39 is 0 Å². The number of hydrogen-bond donors (Lipinski definition) is 2. The predicted molar refractivity (Wildman–Crippen MR) is 110 cm³/mol. The Bertz CT molecular complexity index is 599.